The number of phenols is 1. The molecule has 1 aromatic carbocycles. The van der Waals surface area contributed by atoms with Crippen molar-refractivity contribution in [3.63, 3.8) is 0 Å². The number of amides is 1. The highest BCUT2D eigenvalue weighted by Gasteiger charge is 2.07. The van der Waals surface area contributed by atoms with Gasteiger partial charge in [-0.25, -0.2) is 5.01 Å². The topological polar surface area (TPSA) is 52.6 Å². The minimum Gasteiger partial charge on any atom is -0.508 e. The van der Waals surface area contributed by atoms with Gasteiger partial charge in [-0.2, -0.15) is 0 Å². The van der Waals surface area contributed by atoms with E-state index in [9.17, 15) is 9.90 Å². The maximum Gasteiger partial charge on any atom is 0.265 e. The highest BCUT2D eigenvalue weighted by Crippen LogP contribution is 2.16. The first-order chi connectivity index (χ1) is 6.50. The molecule has 0 aromatic heterocycles. The van der Waals surface area contributed by atoms with Gasteiger partial charge in [0.25, 0.3) is 5.91 Å². The van der Waals surface area contributed by atoms with E-state index in [1.165, 1.54) is 6.07 Å². The number of carbonyl (C=O) groups is 1. The van der Waals surface area contributed by atoms with Crippen molar-refractivity contribution >= 4 is 5.91 Å². The standard InChI is InChI=1S/C10H14N2O2/c1-7-6-8(4-5-9(7)13)10(14)11-12(2)3/h4-6,13H,1-3H3,(H,11,14). The molecule has 0 bridgehead atoms. The Morgan fingerprint density at radius 1 is 1.43 bits per heavy atom. The number of carbonyl (C=O) groups excluding carboxylic acids is 1. The van der Waals surface area contributed by atoms with E-state index in [0.717, 1.165) is 0 Å². The summed E-state index contributed by atoms with van der Waals surface area (Å²) < 4.78 is 0. The number of aromatic hydroxyl groups is 1. The van der Waals surface area contributed by atoms with Crippen LogP contribution in [0.4, 0.5) is 0 Å². The van der Waals surface area contributed by atoms with Crippen LogP contribution in [0.25, 0.3) is 0 Å². The minimum atomic E-state index is -0.182. The van der Waals surface area contributed by atoms with Gasteiger partial charge in [0, 0.05) is 19.7 Å². The van der Waals surface area contributed by atoms with Gasteiger partial charge in [-0.3, -0.25) is 10.2 Å². The summed E-state index contributed by atoms with van der Waals surface area (Å²) >= 11 is 0. The number of hydrazine groups is 1. The second-order valence-electron chi connectivity index (χ2n) is 3.34. The number of nitrogens with one attached hydrogen (secondary N) is 1. The minimum absolute atomic E-state index is 0.182. The first-order valence-electron chi connectivity index (χ1n) is 4.28. The lowest BCUT2D eigenvalue weighted by atomic mass is 10.1. The van der Waals surface area contributed by atoms with E-state index >= 15 is 0 Å². The van der Waals surface area contributed by atoms with Gasteiger partial charge in [0.2, 0.25) is 0 Å². The van der Waals surface area contributed by atoms with Crippen LogP contribution in [-0.2, 0) is 0 Å². The first kappa shape index (κ1) is 10.5. The molecular weight excluding hydrogens is 180 g/mol. The number of hydrogen-bond donors (Lipinski definition) is 2. The average molecular weight is 194 g/mol. The quantitative estimate of drug-likeness (QED) is 0.688. The van der Waals surface area contributed by atoms with Crippen LogP contribution < -0.4 is 5.43 Å². The molecular formula is C10H14N2O2. The molecule has 1 aromatic rings. The maximum atomic E-state index is 11.5. The summed E-state index contributed by atoms with van der Waals surface area (Å²) in [5.41, 5.74) is 3.85. The van der Waals surface area contributed by atoms with Gasteiger partial charge < -0.3 is 5.11 Å². The molecule has 4 nitrogen and oxygen atoms in total. The monoisotopic (exact) mass is 194 g/mol. The summed E-state index contributed by atoms with van der Waals surface area (Å²) in [7, 11) is 3.48. The first-order valence-corrected chi connectivity index (χ1v) is 4.28. The number of nitrogens with zero attached hydrogens (tertiary/aromatic N) is 1. The van der Waals surface area contributed by atoms with Crippen LogP contribution in [-0.4, -0.2) is 30.1 Å². The molecule has 4 heteroatoms. The van der Waals surface area contributed by atoms with Gasteiger partial charge in [-0.05, 0) is 30.7 Å². The molecule has 1 rings (SSSR count). The van der Waals surface area contributed by atoms with Crippen LogP contribution in [0.5, 0.6) is 5.75 Å². The summed E-state index contributed by atoms with van der Waals surface area (Å²) in [4.78, 5) is 11.5. The Hall–Kier alpha value is -1.55. The molecule has 0 heterocycles. The second-order valence-corrected chi connectivity index (χ2v) is 3.34. The van der Waals surface area contributed by atoms with Crippen LogP contribution in [0.3, 0.4) is 0 Å². The zero-order chi connectivity index (χ0) is 10.7. The maximum absolute atomic E-state index is 11.5. The third kappa shape index (κ3) is 2.47. The number of rotatable bonds is 2. The fourth-order valence-corrected chi connectivity index (χ4v) is 1.06. The molecule has 0 unspecified atom stereocenters. The molecule has 0 saturated heterocycles. The Morgan fingerprint density at radius 3 is 2.57 bits per heavy atom. The third-order valence-electron chi connectivity index (χ3n) is 1.78. The van der Waals surface area contributed by atoms with Crippen molar-refractivity contribution in [2.45, 2.75) is 6.92 Å². The summed E-state index contributed by atoms with van der Waals surface area (Å²) in [6, 6.07) is 4.75. The summed E-state index contributed by atoms with van der Waals surface area (Å²) in [6.07, 6.45) is 0. The normalized spacial score (nSPS) is 10.3. The van der Waals surface area contributed by atoms with Crippen molar-refractivity contribution in [3.8, 4) is 5.75 Å². The number of aryl methyl sites for hydroxylation is 1. The largest absolute Gasteiger partial charge is 0.508 e. The highest BCUT2D eigenvalue weighted by molar-refractivity contribution is 5.94. The SMILES string of the molecule is Cc1cc(C(=O)NN(C)C)ccc1O. The molecule has 0 fully saturated rings. The Balaban J connectivity index is 2.86. The van der Waals surface area contributed by atoms with Crippen LogP contribution in [0.2, 0.25) is 0 Å². The summed E-state index contributed by atoms with van der Waals surface area (Å²) in [5, 5.41) is 10.8. The predicted molar refractivity (Wildman–Crippen MR) is 54.0 cm³/mol. The number of hydrogen-bond acceptors (Lipinski definition) is 3. The van der Waals surface area contributed by atoms with Crippen LogP contribution in [0, 0.1) is 6.92 Å². The van der Waals surface area contributed by atoms with E-state index in [4.69, 9.17) is 0 Å². The number of benzene rings is 1. The fraction of sp³-hybridized carbons (Fsp3) is 0.300. The lowest BCUT2D eigenvalue weighted by Crippen LogP contribution is -2.36. The van der Waals surface area contributed by atoms with Gasteiger partial charge in [-0.1, -0.05) is 0 Å². The Labute approximate surface area is 83.1 Å². The van der Waals surface area contributed by atoms with Crippen LogP contribution in [0.15, 0.2) is 18.2 Å². The number of phenolic OH excluding ortho intramolecular Hbond substituents is 1. The molecule has 0 spiro atoms. The van der Waals surface area contributed by atoms with E-state index in [2.05, 4.69) is 5.43 Å². The smallest absolute Gasteiger partial charge is 0.265 e. The fourth-order valence-electron chi connectivity index (χ4n) is 1.06. The average Bonchev–Trinajstić information content (AvgIpc) is 2.08. The van der Waals surface area contributed by atoms with Crippen molar-refractivity contribution in [3.05, 3.63) is 29.3 Å². The third-order valence-corrected chi connectivity index (χ3v) is 1.78. The molecule has 1 amide bonds. The van der Waals surface area contributed by atoms with E-state index in [1.807, 2.05) is 0 Å². The van der Waals surface area contributed by atoms with Crippen molar-refractivity contribution < 1.29 is 9.90 Å². The highest BCUT2D eigenvalue weighted by atomic mass is 16.3. The van der Waals surface area contributed by atoms with Gasteiger partial charge in [0.05, 0.1) is 0 Å². The van der Waals surface area contributed by atoms with E-state index in [-0.39, 0.29) is 11.7 Å². The van der Waals surface area contributed by atoms with Crippen molar-refractivity contribution in [2.75, 3.05) is 14.1 Å². The molecule has 0 atom stereocenters. The Kier molecular flexibility index (Phi) is 3.09. The van der Waals surface area contributed by atoms with E-state index in [0.29, 0.717) is 11.1 Å². The van der Waals surface area contributed by atoms with Crippen molar-refractivity contribution in [1.82, 2.24) is 10.4 Å². The van der Waals surface area contributed by atoms with Gasteiger partial charge >= 0.3 is 0 Å². The summed E-state index contributed by atoms with van der Waals surface area (Å²) in [5.74, 6) is 0.0181. The van der Waals surface area contributed by atoms with Crippen LogP contribution in [0.1, 0.15) is 15.9 Å². The summed E-state index contributed by atoms with van der Waals surface area (Å²) in [6.45, 7) is 1.75. The zero-order valence-corrected chi connectivity index (χ0v) is 8.53. The molecule has 2 N–H and O–H groups in total. The molecule has 0 aliphatic rings. The second kappa shape index (κ2) is 4.11. The van der Waals surface area contributed by atoms with Gasteiger partial charge in [0.15, 0.2) is 0 Å². The van der Waals surface area contributed by atoms with Gasteiger partial charge in [0.1, 0.15) is 5.75 Å². The van der Waals surface area contributed by atoms with Crippen molar-refractivity contribution in [1.29, 1.82) is 0 Å². The zero-order valence-electron chi connectivity index (χ0n) is 8.53. The Bertz CT molecular complexity index is 348. The molecule has 0 aliphatic heterocycles. The van der Waals surface area contributed by atoms with Crippen molar-refractivity contribution in [2.24, 2.45) is 0 Å². The lowest BCUT2D eigenvalue weighted by Gasteiger charge is -2.12. The molecule has 14 heavy (non-hydrogen) atoms. The Morgan fingerprint density at radius 2 is 2.07 bits per heavy atom. The molecule has 76 valence electrons. The van der Waals surface area contributed by atoms with Crippen LogP contribution >= 0.6 is 0 Å². The lowest BCUT2D eigenvalue weighted by molar-refractivity contribution is 0.0857. The molecule has 0 saturated carbocycles. The molecule has 0 radical (unpaired) electrons. The predicted octanol–water partition coefficient (Wildman–Crippen LogP) is 0.907. The van der Waals surface area contributed by atoms with E-state index in [1.54, 1.807) is 38.2 Å². The van der Waals surface area contributed by atoms with Gasteiger partial charge in [-0.15, -0.1) is 0 Å². The van der Waals surface area contributed by atoms with E-state index < -0.39 is 0 Å². The molecule has 0 aliphatic carbocycles.